The maximum absolute atomic E-state index is 6.02. The van der Waals surface area contributed by atoms with Crippen LogP contribution in [0.15, 0.2) is 43.0 Å². The molecule has 88 valence electrons. The Hall–Kier alpha value is -1.45. The van der Waals surface area contributed by atoms with E-state index in [1.807, 2.05) is 36.7 Å². The molecule has 4 heteroatoms. The van der Waals surface area contributed by atoms with Gasteiger partial charge in [0.05, 0.1) is 6.04 Å². The SMILES string of the molecule is CCNC(c1cncnc1)c1cccc(Cl)c1. The fourth-order valence-electron chi connectivity index (χ4n) is 1.78. The summed E-state index contributed by atoms with van der Waals surface area (Å²) in [5.74, 6) is 0. The van der Waals surface area contributed by atoms with E-state index in [2.05, 4.69) is 22.2 Å². The van der Waals surface area contributed by atoms with Crippen LogP contribution in [0.4, 0.5) is 0 Å². The molecule has 1 N–H and O–H groups in total. The molecule has 0 saturated carbocycles. The van der Waals surface area contributed by atoms with Crippen molar-refractivity contribution in [2.75, 3.05) is 6.54 Å². The molecular formula is C13H14ClN3. The predicted molar refractivity (Wildman–Crippen MR) is 69.0 cm³/mol. The molecule has 0 spiro atoms. The molecule has 0 fully saturated rings. The minimum Gasteiger partial charge on any atom is -0.306 e. The van der Waals surface area contributed by atoms with Gasteiger partial charge in [-0.3, -0.25) is 0 Å². The Kier molecular flexibility index (Phi) is 4.07. The van der Waals surface area contributed by atoms with Gasteiger partial charge in [0.1, 0.15) is 6.33 Å². The van der Waals surface area contributed by atoms with E-state index in [-0.39, 0.29) is 6.04 Å². The summed E-state index contributed by atoms with van der Waals surface area (Å²) in [5.41, 5.74) is 2.16. The molecule has 2 rings (SSSR count). The van der Waals surface area contributed by atoms with Gasteiger partial charge in [-0.2, -0.15) is 0 Å². The van der Waals surface area contributed by atoms with Crippen LogP contribution < -0.4 is 5.32 Å². The Labute approximate surface area is 106 Å². The number of aromatic nitrogens is 2. The zero-order chi connectivity index (χ0) is 12.1. The molecule has 1 aromatic carbocycles. The van der Waals surface area contributed by atoms with E-state index < -0.39 is 0 Å². The molecule has 17 heavy (non-hydrogen) atoms. The summed E-state index contributed by atoms with van der Waals surface area (Å²) in [4.78, 5) is 8.10. The molecule has 0 aliphatic heterocycles. The number of halogens is 1. The van der Waals surface area contributed by atoms with Crippen molar-refractivity contribution in [3.63, 3.8) is 0 Å². The van der Waals surface area contributed by atoms with Gasteiger partial charge in [0, 0.05) is 23.0 Å². The van der Waals surface area contributed by atoms with E-state index in [9.17, 15) is 0 Å². The van der Waals surface area contributed by atoms with E-state index >= 15 is 0 Å². The molecule has 0 radical (unpaired) electrons. The molecule has 0 saturated heterocycles. The molecule has 1 heterocycles. The van der Waals surface area contributed by atoms with Gasteiger partial charge < -0.3 is 5.32 Å². The average Bonchev–Trinajstić information content (AvgIpc) is 2.37. The quantitative estimate of drug-likeness (QED) is 0.903. The van der Waals surface area contributed by atoms with E-state index in [0.29, 0.717) is 0 Å². The van der Waals surface area contributed by atoms with Crippen molar-refractivity contribution in [3.05, 3.63) is 59.1 Å². The number of nitrogens with one attached hydrogen (secondary N) is 1. The molecule has 0 aliphatic rings. The normalized spacial score (nSPS) is 12.4. The van der Waals surface area contributed by atoms with Gasteiger partial charge in [-0.05, 0) is 24.2 Å². The van der Waals surface area contributed by atoms with E-state index in [1.54, 1.807) is 0 Å². The van der Waals surface area contributed by atoms with Gasteiger partial charge in [-0.15, -0.1) is 0 Å². The van der Waals surface area contributed by atoms with Gasteiger partial charge in [-0.1, -0.05) is 30.7 Å². The first-order valence-electron chi connectivity index (χ1n) is 5.55. The van der Waals surface area contributed by atoms with Crippen molar-refractivity contribution in [1.82, 2.24) is 15.3 Å². The minimum atomic E-state index is 0.0832. The van der Waals surface area contributed by atoms with Crippen LogP contribution in [0, 0.1) is 0 Å². The van der Waals surface area contributed by atoms with E-state index in [4.69, 9.17) is 11.6 Å². The number of rotatable bonds is 4. The molecule has 1 aromatic heterocycles. The van der Waals surface area contributed by atoms with Crippen molar-refractivity contribution in [3.8, 4) is 0 Å². The largest absolute Gasteiger partial charge is 0.306 e. The van der Waals surface area contributed by atoms with Gasteiger partial charge in [0.25, 0.3) is 0 Å². The van der Waals surface area contributed by atoms with Crippen LogP contribution >= 0.6 is 11.6 Å². The minimum absolute atomic E-state index is 0.0832. The second-order valence-electron chi connectivity index (χ2n) is 3.72. The van der Waals surface area contributed by atoms with Crippen molar-refractivity contribution in [2.24, 2.45) is 0 Å². The first-order valence-corrected chi connectivity index (χ1v) is 5.93. The van der Waals surface area contributed by atoms with Crippen LogP contribution in [0.25, 0.3) is 0 Å². The van der Waals surface area contributed by atoms with E-state index in [0.717, 1.165) is 22.7 Å². The zero-order valence-electron chi connectivity index (χ0n) is 9.60. The summed E-state index contributed by atoms with van der Waals surface area (Å²) in [5, 5.41) is 4.14. The van der Waals surface area contributed by atoms with Gasteiger partial charge >= 0.3 is 0 Å². The van der Waals surface area contributed by atoms with Crippen LogP contribution in [-0.2, 0) is 0 Å². The van der Waals surface area contributed by atoms with Crippen LogP contribution in [-0.4, -0.2) is 16.5 Å². The lowest BCUT2D eigenvalue weighted by atomic mass is 10.0. The second-order valence-corrected chi connectivity index (χ2v) is 4.15. The molecule has 2 aromatic rings. The highest BCUT2D eigenvalue weighted by molar-refractivity contribution is 6.30. The summed E-state index contributed by atoms with van der Waals surface area (Å²) < 4.78 is 0. The molecular weight excluding hydrogens is 234 g/mol. The average molecular weight is 248 g/mol. The van der Waals surface area contributed by atoms with Crippen molar-refractivity contribution in [2.45, 2.75) is 13.0 Å². The highest BCUT2D eigenvalue weighted by Crippen LogP contribution is 2.23. The predicted octanol–water partition coefficient (Wildman–Crippen LogP) is 2.83. The number of hydrogen-bond donors (Lipinski definition) is 1. The fraction of sp³-hybridized carbons (Fsp3) is 0.231. The maximum Gasteiger partial charge on any atom is 0.115 e. The van der Waals surface area contributed by atoms with Crippen LogP contribution in [0.2, 0.25) is 5.02 Å². The van der Waals surface area contributed by atoms with Crippen molar-refractivity contribution < 1.29 is 0 Å². The molecule has 3 nitrogen and oxygen atoms in total. The molecule has 0 amide bonds. The summed E-state index contributed by atoms with van der Waals surface area (Å²) in [6.07, 6.45) is 5.17. The van der Waals surface area contributed by atoms with Crippen molar-refractivity contribution in [1.29, 1.82) is 0 Å². The summed E-state index contributed by atoms with van der Waals surface area (Å²) >= 11 is 6.02. The zero-order valence-corrected chi connectivity index (χ0v) is 10.4. The van der Waals surface area contributed by atoms with Gasteiger partial charge in [-0.25, -0.2) is 9.97 Å². The molecule has 0 aliphatic carbocycles. The number of nitrogens with zero attached hydrogens (tertiary/aromatic N) is 2. The molecule has 1 atom stereocenters. The first kappa shape index (κ1) is 12.0. The highest BCUT2D eigenvalue weighted by Gasteiger charge is 2.13. The second kappa shape index (κ2) is 5.75. The van der Waals surface area contributed by atoms with Gasteiger partial charge in [0.2, 0.25) is 0 Å². The highest BCUT2D eigenvalue weighted by atomic mass is 35.5. The topological polar surface area (TPSA) is 37.8 Å². The number of hydrogen-bond acceptors (Lipinski definition) is 3. The monoisotopic (exact) mass is 247 g/mol. The first-order chi connectivity index (χ1) is 8.31. The third kappa shape index (κ3) is 3.02. The Morgan fingerprint density at radius 1 is 1.24 bits per heavy atom. The lowest BCUT2D eigenvalue weighted by Crippen LogP contribution is -2.22. The van der Waals surface area contributed by atoms with Gasteiger partial charge in [0.15, 0.2) is 0 Å². The Morgan fingerprint density at radius 2 is 2.00 bits per heavy atom. The van der Waals surface area contributed by atoms with Crippen LogP contribution in [0.3, 0.4) is 0 Å². The molecule has 0 bridgehead atoms. The van der Waals surface area contributed by atoms with Crippen molar-refractivity contribution >= 4 is 11.6 Å². The Bertz CT molecular complexity index is 473. The van der Waals surface area contributed by atoms with Crippen LogP contribution in [0.1, 0.15) is 24.1 Å². The maximum atomic E-state index is 6.02. The lowest BCUT2D eigenvalue weighted by Gasteiger charge is -2.18. The van der Waals surface area contributed by atoms with E-state index in [1.165, 1.54) is 6.33 Å². The summed E-state index contributed by atoms with van der Waals surface area (Å²) in [7, 11) is 0. The van der Waals surface area contributed by atoms with Crippen LogP contribution in [0.5, 0.6) is 0 Å². The summed E-state index contributed by atoms with van der Waals surface area (Å²) in [6, 6.07) is 7.91. The summed E-state index contributed by atoms with van der Waals surface area (Å²) in [6.45, 7) is 2.94. The third-order valence-corrected chi connectivity index (χ3v) is 2.74. The Morgan fingerprint density at radius 3 is 2.65 bits per heavy atom. The smallest absolute Gasteiger partial charge is 0.115 e. The Balaban J connectivity index is 2.35. The lowest BCUT2D eigenvalue weighted by molar-refractivity contribution is 0.626. The standard InChI is InChI=1S/C13H14ClN3/c1-2-17-13(11-7-15-9-16-8-11)10-4-3-5-12(14)6-10/h3-9,13,17H,2H2,1H3. The third-order valence-electron chi connectivity index (χ3n) is 2.50. The fourth-order valence-corrected chi connectivity index (χ4v) is 1.98. The molecule has 1 unspecified atom stereocenters. The number of benzene rings is 1.